The highest BCUT2D eigenvalue weighted by Gasteiger charge is 2.44. The molecule has 0 aliphatic rings. The van der Waals surface area contributed by atoms with Gasteiger partial charge in [0.15, 0.2) is 17.5 Å². The minimum absolute atomic E-state index is 0.0478. The number of aryl methyl sites for hydroxylation is 1. The number of carbonyl (C=O) groups excluding carboxylic acids is 1. The number of carbonyl (C=O) groups is 1. The molecule has 0 bridgehead atoms. The number of fused-ring (bicyclic) bond motifs is 1. The molecular formula is C23H24F5N3O3. The lowest BCUT2D eigenvalue weighted by molar-refractivity contribution is -0.211. The lowest BCUT2D eigenvalue weighted by atomic mass is 10.0. The first-order valence-electron chi connectivity index (χ1n) is 10.6. The zero-order chi connectivity index (χ0) is 25.0. The third-order valence-electron chi connectivity index (χ3n) is 5.34. The number of nitrogens with one attached hydrogen (secondary N) is 1. The number of aliphatic hydroxyl groups excluding tert-OH is 1. The van der Waals surface area contributed by atoms with Crippen molar-refractivity contribution in [3.05, 3.63) is 65.1 Å². The number of hydrogen-bond acceptors (Lipinski definition) is 4. The predicted molar refractivity (Wildman–Crippen MR) is 113 cm³/mol. The Bertz CT molecular complexity index is 1140. The summed E-state index contributed by atoms with van der Waals surface area (Å²) >= 11 is 0. The minimum Gasteiger partial charge on any atom is -0.485 e. The molecule has 1 unspecified atom stereocenters. The smallest absolute Gasteiger partial charge is 0.416 e. The molecule has 2 N–H and O–H groups in total. The van der Waals surface area contributed by atoms with Crippen molar-refractivity contribution in [3.8, 4) is 5.75 Å². The van der Waals surface area contributed by atoms with Crippen LogP contribution < -0.4 is 10.1 Å². The van der Waals surface area contributed by atoms with E-state index in [4.69, 9.17) is 4.74 Å². The van der Waals surface area contributed by atoms with E-state index in [2.05, 4.69) is 10.3 Å². The molecule has 0 aliphatic heterocycles. The second-order valence-corrected chi connectivity index (χ2v) is 7.81. The Morgan fingerprint density at radius 1 is 1.21 bits per heavy atom. The fourth-order valence-electron chi connectivity index (χ4n) is 3.56. The number of halogens is 5. The fourth-order valence-corrected chi connectivity index (χ4v) is 3.56. The lowest BCUT2D eigenvalue weighted by Crippen LogP contribution is -2.50. The standard InChI is InChI=1S/C23H24F5N3O3/c1-3-4-9-17(20(32)23(26,27)28)30-22(33)19-13(2)29-21-18(10-6-11-31(19)21)34-12-14-15(24)7-5-8-16(14)25/h5-8,10-11,17,20,32H,3-4,9,12H2,1-2H3,(H,30,33)/t17-,20?/m1/s1. The molecule has 3 rings (SSSR count). The lowest BCUT2D eigenvalue weighted by Gasteiger charge is -2.25. The number of hydrogen-bond donors (Lipinski definition) is 2. The van der Waals surface area contributed by atoms with Gasteiger partial charge >= 0.3 is 6.18 Å². The molecule has 2 atom stereocenters. The third kappa shape index (κ3) is 5.46. The highest BCUT2D eigenvalue weighted by molar-refractivity contribution is 5.95. The van der Waals surface area contributed by atoms with E-state index < -0.39 is 42.5 Å². The summed E-state index contributed by atoms with van der Waals surface area (Å²) in [5.74, 6) is -2.31. The maximum absolute atomic E-state index is 13.9. The van der Waals surface area contributed by atoms with Gasteiger partial charge in [0, 0.05) is 6.20 Å². The summed E-state index contributed by atoms with van der Waals surface area (Å²) < 4.78 is 74.0. The number of amides is 1. The highest BCUT2D eigenvalue weighted by Crippen LogP contribution is 2.27. The summed E-state index contributed by atoms with van der Waals surface area (Å²) in [5, 5.41) is 12.0. The van der Waals surface area contributed by atoms with Gasteiger partial charge in [0.25, 0.3) is 5.91 Å². The number of imidazole rings is 1. The Hall–Kier alpha value is -3.21. The molecule has 11 heteroatoms. The first-order chi connectivity index (χ1) is 16.0. The van der Waals surface area contributed by atoms with Gasteiger partial charge in [-0.25, -0.2) is 13.8 Å². The van der Waals surface area contributed by atoms with Crippen LogP contribution in [0.3, 0.4) is 0 Å². The second-order valence-electron chi connectivity index (χ2n) is 7.81. The summed E-state index contributed by atoms with van der Waals surface area (Å²) in [4.78, 5) is 17.2. The summed E-state index contributed by atoms with van der Waals surface area (Å²) in [5.41, 5.74) is 0.00350. The van der Waals surface area contributed by atoms with Crippen LogP contribution in [0.1, 0.15) is 47.9 Å². The second kappa shape index (κ2) is 10.4. The maximum Gasteiger partial charge on any atom is 0.416 e. The van der Waals surface area contributed by atoms with Gasteiger partial charge in [0.2, 0.25) is 0 Å². The number of alkyl halides is 3. The summed E-state index contributed by atoms with van der Waals surface area (Å²) in [6.07, 6.45) is -5.28. The van der Waals surface area contributed by atoms with Crippen LogP contribution in [0.2, 0.25) is 0 Å². The average molecular weight is 485 g/mol. The fraction of sp³-hybridized carbons (Fsp3) is 0.391. The summed E-state index contributed by atoms with van der Waals surface area (Å²) in [7, 11) is 0. The van der Waals surface area contributed by atoms with E-state index >= 15 is 0 Å². The molecule has 2 aromatic heterocycles. The van der Waals surface area contributed by atoms with Gasteiger partial charge in [-0.2, -0.15) is 13.2 Å². The normalized spacial score (nSPS) is 13.6. The molecule has 0 aliphatic carbocycles. The number of aliphatic hydroxyl groups is 1. The zero-order valence-electron chi connectivity index (χ0n) is 18.5. The van der Waals surface area contributed by atoms with E-state index in [1.54, 1.807) is 6.92 Å². The number of nitrogens with zero attached hydrogens (tertiary/aromatic N) is 2. The maximum atomic E-state index is 13.9. The third-order valence-corrected chi connectivity index (χ3v) is 5.34. The Morgan fingerprint density at radius 3 is 2.50 bits per heavy atom. The number of pyridine rings is 1. The van der Waals surface area contributed by atoms with Crippen LogP contribution in [0.4, 0.5) is 22.0 Å². The van der Waals surface area contributed by atoms with Crippen LogP contribution >= 0.6 is 0 Å². The van der Waals surface area contributed by atoms with Crippen molar-refractivity contribution in [2.75, 3.05) is 0 Å². The van der Waals surface area contributed by atoms with E-state index in [9.17, 15) is 31.9 Å². The SMILES string of the molecule is CCCC[C@@H](NC(=O)c1c(C)nc2c(OCc3c(F)cccc3F)cccn12)C(O)C(F)(F)F. The van der Waals surface area contributed by atoms with E-state index in [1.165, 1.54) is 35.7 Å². The van der Waals surface area contributed by atoms with Crippen LogP contribution in [0.5, 0.6) is 5.75 Å². The molecule has 184 valence electrons. The first kappa shape index (κ1) is 25.4. The quantitative estimate of drug-likeness (QED) is 0.431. The molecule has 1 amide bonds. The van der Waals surface area contributed by atoms with Crippen LogP contribution in [-0.4, -0.2) is 38.7 Å². The van der Waals surface area contributed by atoms with E-state index in [-0.39, 0.29) is 34.8 Å². The number of unbranched alkanes of at least 4 members (excludes halogenated alkanes) is 1. The van der Waals surface area contributed by atoms with E-state index in [1.807, 2.05) is 0 Å². The Kier molecular flexibility index (Phi) is 7.75. The van der Waals surface area contributed by atoms with Gasteiger partial charge < -0.3 is 15.2 Å². The van der Waals surface area contributed by atoms with Gasteiger partial charge in [-0.05, 0) is 37.6 Å². The van der Waals surface area contributed by atoms with Crippen molar-refractivity contribution >= 4 is 11.6 Å². The molecule has 34 heavy (non-hydrogen) atoms. The zero-order valence-corrected chi connectivity index (χ0v) is 18.5. The van der Waals surface area contributed by atoms with Crippen molar-refractivity contribution in [2.24, 2.45) is 0 Å². The molecule has 6 nitrogen and oxygen atoms in total. The topological polar surface area (TPSA) is 75.9 Å². The Labute approximate surface area is 192 Å². The molecule has 2 heterocycles. The van der Waals surface area contributed by atoms with Crippen molar-refractivity contribution < 1.29 is 36.6 Å². The van der Waals surface area contributed by atoms with Gasteiger partial charge in [-0.15, -0.1) is 0 Å². The largest absolute Gasteiger partial charge is 0.485 e. The molecule has 0 fully saturated rings. The highest BCUT2D eigenvalue weighted by atomic mass is 19.4. The van der Waals surface area contributed by atoms with Crippen molar-refractivity contribution in [1.82, 2.24) is 14.7 Å². The van der Waals surface area contributed by atoms with Gasteiger partial charge in [-0.1, -0.05) is 25.8 Å². The first-order valence-corrected chi connectivity index (χ1v) is 10.6. The Morgan fingerprint density at radius 2 is 1.88 bits per heavy atom. The molecule has 0 radical (unpaired) electrons. The van der Waals surface area contributed by atoms with Crippen LogP contribution in [0.15, 0.2) is 36.5 Å². The number of rotatable bonds is 9. The van der Waals surface area contributed by atoms with Crippen molar-refractivity contribution in [2.45, 2.75) is 58.0 Å². The molecule has 0 saturated carbocycles. The number of aromatic nitrogens is 2. The monoisotopic (exact) mass is 485 g/mol. The van der Waals surface area contributed by atoms with Crippen molar-refractivity contribution in [3.63, 3.8) is 0 Å². The average Bonchev–Trinajstić information content (AvgIpc) is 3.11. The molecule has 1 aromatic carbocycles. The molecular weight excluding hydrogens is 461 g/mol. The molecule has 3 aromatic rings. The van der Waals surface area contributed by atoms with Gasteiger partial charge in [0.05, 0.1) is 17.3 Å². The van der Waals surface area contributed by atoms with E-state index in [0.717, 1.165) is 12.1 Å². The van der Waals surface area contributed by atoms with E-state index in [0.29, 0.717) is 12.8 Å². The van der Waals surface area contributed by atoms with Crippen molar-refractivity contribution in [1.29, 1.82) is 0 Å². The minimum atomic E-state index is -4.90. The summed E-state index contributed by atoms with van der Waals surface area (Å²) in [6, 6.07) is 4.85. The van der Waals surface area contributed by atoms with Gasteiger partial charge in [-0.3, -0.25) is 9.20 Å². The molecule has 0 saturated heterocycles. The van der Waals surface area contributed by atoms with Crippen LogP contribution in [-0.2, 0) is 6.61 Å². The van der Waals surface area contributed by atoms with Crippen LogP contribution in [0.25, 0.3) is 5.65 Å². The Balaban J connectivity index is 1.88. The van der Waals surface area contributed by atoms with Gasteiger partial charge in [0.1, 0.15) is 23.9 Å². The molecule has 0 spiro atoms. The number of ether oxygens (including phenoxy) is 1. The summed E-state index contributed by atoms with van der Waals surface area (Å²) in [6.45, 7) is 2.83. The van der Waals surface area contributed by atoms with Crippen LogP contribution in [0, 0.1) is 18.6 Å². The number of benzene rings is 1. The predicted octanol–water partition coefficient (Wildman–Crippen LogP) is 4.71.